The van der Waals surface area contributed by atoms with Crippen LogP contribution in [-0.2, 0) is 11.2 Å². The molecule has 0 spiro atoms. The van der Waals surface area contributed by atoms with E-state index in [0.29, 0.717) is 30.5 Å². The van der Waals surface area contributed by atoms with Crippen molar-refractivity contribution in [1.82, 2.24) is 4.98 Å². The number of hydrogen-bond acceptors (Lipinski definition) is 4. The highest BCUT2D eigenvalue weighted by Gasteiger charge is 2.14. The van der Waals surface area contributed by atoms with E-state index in [2.05, 4.69) is 4.98 Å². The minimum Gasteiger partial charge on any atom is -0.506 e. The van der Waals surface area contributed by atoms with Gasteiger partial charge in [-0.05, 0) is 41.3 Å². The lowest BCUT2D eigenvalue weighted by Gasteiger charge is -2.18. The van der Waals surface area contributed by atoms with Crippen LogP contribution in [0.25, 0.3) is 11.1 Å². The van der Waals surface area contributed by atoms with Gasteiger partial charge in [0, 0.05) is 37.8 Å². The maximum Gasteiger partial charge on any atom is 0.226 e. The largest absolute Gasteiger partial charge is 0.506 e. The molecule has 0 aliphatic carbocycles. The first-order valence-electron chi connectivity index (χ1n) is 9.61. The lowest BCUT2D eigenvalue weighted by molar-refractivity contribution is -0.118. The topological polar surface area (TPSA) is 70.5 Å². The average molecular weight is 388 g/mol. The number of carbonyl (C=O) groups excluding carboxylic acids is 2. The molecule has 0 bridgehead atoms. The molecule has 0 saturated carbocycles. The number of phenols is 1. The van der Waals surface area contributed by atoms with Gasteiger partial charge >= 0.3 is 0 Å². The summed E-state index contributed by atoms with van der Waals surface area (Å²) in [4.78, 5) is 29.8. The molecule has 0 radical (unpaired) electrons. The molecule has 0 aliphatic heterocycles. The Bertz CT molecular complexity index is 998. The molecule has 1 aromatic heterocycles. The number of amides is 1. The number of ketones is 1. The number of nitrogens with zero attached hydrogens (tertiary/aromatic N) is 2. The number of benzene rings is 2. The number of hydrogen-bond donors (Lipinski definition) is 1. The molecule has 1 heterocycles. The molecule has 0 unspecified atom stereocenters. The van der Waals surface area contributed by atoms with E-state index in [4.69, 9.17) is 0 Å². The smallest absolute Gasteiger partial charge is 0.226 e. The van der Waals surface area contributed by atoms with Crippen LogP contribution in [0.2, 0.25) is 0 Å². The third kappa shape index (κ3) is 4.88. The Balaban J connectivity index is 1.70. The van der Waals surface area contributed by atoms with Crippen molar-refractivity contribution in [3.8, 4) is 16.9 Å². The van der Waals surface area contributed by atoms with E-state index in [1.165, 1.54) is 4.90 Å². The number of aromatic hydroxyl groups is 1. The van der Waals surface area contributed by atoms with Gasteiger partial charge in [-0.15, -0.1) is 0 Å². The van der Waals surface area contributed by atoms with Crippen molar-refractivity contribution in [2.24, 2.45) is 0 Å². The summed E-state index contributed by atoms with van der Waals surface area (Å²) in [5.41, 5.74) is 3.88. The summed E-state index contributed by atoms with van der Waals surface area (Å²) in [6.07, 6.45) is 4.95. The normalized spacial score (nSPS) is 10.6. The van der Waals surface area contributed by atoms with Gasteiger partial charge in [-0.1, -0.05) is 43.3 Å². The summed E-state index contributed by atoms with van der Waals surface area (Å²) < 4.78 is 0. The van der Waals surface area contributed by atoms with Crippen molar-refractivity contribution in [1.29, 1.82) is 0 Å². The highest BCUT2D eigenvalue weighted by Crippen LogP contribution is 2.32. The molecule has 1 N–H and O–H groups in total. The molecule has 0 fully saturated rings. The van der Waals surface area contributed by atoms with Crippen molar-refractivity contribution in [2.45, 2.75) is 26.2 Å². The fourth-order valence-corrected chi connectivity index (χ4v) is 3.15. The molecule has 3 rings (SSSR count). The zero-order valence-electron chi connectivity index (χ0n) is 16.6. The van der Waals surface area contributed by atoms with E-state index >= 15 is 0 Å². The molecule has 1 amide bonds. The number of pyridine rings is 1. The molecule has 29 heavy (non-hydrogen) atoms. The van der Waals surface area contributed by atoms with Gasteiger partial charge in [-0.3, -0.25) is 14.6 Å². The van der Waals surface area contributed by atoms with Gasteiger partial charge in [0.25, 0.3) is 0 Å². The van der Waals surface area contributed by atoms with E-state index in [0.717, 1.165) is 16.7 Å². The van der Waals surface area contributed by atoms with Crippen LogP contribution in [-0.4, -0.2) is 28.8 Å². The number of phenolic OH excluding ortho intramolecular Hbond substituents is 1. The maximum atomic E-state index is 12.4. The number of aryl methyl sites for hydroxylation is 1. The molecule has 2 aromatic carbocycles. The Kier molecular flexibility index (Phi) is 6.39. The fourth-order valence-electron chi connectivity index (χ4n) is 3.15. The predicted molar refractivity (Wildman–Crippen MR) is 114 cm³/mol. The van der Waals surface area contributed by atoms with Crippen LogP contribution < -0.4 is 4.90 Å². The summed E-state index contributed by atoms with van der Waals surface area (Å²) in [5.74, 6) is 0.0592. The minimum absolute atomic E-state index is 0.0448. The third-order valence-corrected chi connectivity index (χ3v) is 4.92. The predicted octanol–water partition coefficient (Wildman–Crippen LogP) is 4.64. The Hall–Kier alpha value is -3.47. The number of anilines is 1. The first kappa shape index (κ1) is 20.3. The zero-order valence-corrected chi connectivity index (χ0v) is 16.6. The molecular formula is C24H24N2O3. The van der Waals surface area contributed by atoms with Crippen molar-refractivity contribution in [3.05, 3.63) is 78.1 Å². The zero-order chi connectivity index (χ0) is 20.8. The van der Waals surface area contributed by atoms with Crippen LogP contribution >= 0.6 is 0 Å². The summed E-state index contributed by atoms with van der Waals surface area (Å²) in [7, 11) is 1.65. The molecule has 3 aromatic rings. The number of Topliss-reactive ketones (excluding diaryl/α,β-unsaturated/α-hetero) is 1. The number of rotatable bonds is 7. The van der Waals surface area contributed by atoms with E-state index in [-0.39, 0.29) is 17.4 Å². The molecule has 0 aliphatic rings. The lowest BCUT2D eigenvalue weighted by Crippen LogP contribution is -2.25. The summed E-state index contributed by atoms with van der Waals surface area (Å²) in [6, 6.07) is 16.4. The summed E-state index contributed by atoms with van der Waals surface area (Å²) in [5, 5.41) is 10.3. The SMILES string of the molecule is CCC(=O)N(C)c1ccc(-c2ccc(C(=O)CCc3cccnc3)cc2)cc1O. The third-order valence-electron chi connectivity index (χ3n) is 4.92. The van der Waals surface area contributed by atoms with E-state index < -0.39 is 0 Å². The molecule has 5 heteroatoms. The van der Waals surface area contributed by atoms with Gasteiger partial charge in [-0.2, -0.15) is 0 Å². The first-order chi connectivity index (χ1) is 14.0. The average Bonchev–Trinajstić information content (AvgIpc) is 2.77. The van der Waals surface area contributed by atoms with Crippen LogP contribution in [0.5, 0.6) is 5.75 Å². The second kappa shape index (κ2) is 9.15. The minimum atomic E-state index is -0.0674. The van der Waals surface area contributed by atoms with Crippen LogP contribution in [0.15, 0.2) is 67.0 Å². The van der Waals surface area contributed by atoms with Crippen molar-refractivity contribution < 1.29 is 14.7 Å². The molecule has 0 saturated heterocycles. The summed E-state index contributed by atoms with van der Waals surface area (Å²) >= 11 is 0. The van der Waals surface area contributed by atoms with Crippen molar-refractivity contribution >= 4 is 17.4 Å². The quantitative estimate of drug-likeness (QED) is 0.599. The molecular weight excluding hydrogens is 364 g/mol. The van der Waals surface area contributed by atoms with Gasteiger partial charge in [0.15, 0.2) is 5.78 Å². The standard InChI is InChI=1S/C24H24N2O3/c1-3-24(29)26(2)21-12-11-20(15-23(21)28)18-7-9-19(10-8-18)22(27)13-6-17-5-4-14-25-16-17/h4-5,7-12,14-16,28H,3,6,13H2,1-2H3. The van der Waals surface area contributed by atoms with E-state index in [1.807, 2.05) is 30.3 Å². The Labute approximate surface area is 170 Å². The van der Waals surface area contributed by atoms with Gasteiger partial charge in [0.05, 0.1) is 5.69 Å². The van der Waals surface area contributed by atoms with E-state index in [9.17, 15) is 14.7 Å². The van der Waals surface area contributed by atoms with Gasteiger partial charge < -0.3 is 10.0 Å². The number of carbonyl (C=O) groups is 2. The molecule has 5 nitrogen and oxygen atoms in total. The maximum absolute atomic E-state index is 12.4. The van der Waals surface area contributed by atoms with Crippen molar-refractivity contribution in [3.63, 3.8) is 0 Å². The van der Waals surface area contributed by atoms with Crippen LogP contribution in [0.4, 0.5) is 5.69 Å². The lowest BCUT2D eigenvalue weighted by atomic mass is 9.99. The molecule has 0 atom stereocenters. The Morgan fingerprint density at radius 3 is 2.38 bits per heavy atom. The second-order valence-electron chi connectivity index (χ2n) is 6.87. The summed E-state index contributed by atoms with van der Waals surface area (Å²) in [6.45, 7) is 1.78. The Morgan fingerprint density at radius 1 is 1.03 bits per heavy atom. The van der Waals surface area contributed by atoms with Crippen LogP contribution in [0, 0.1) is 0 Å². The Morgan fingerprint density at radius 2 is 1.76 bits per heavy atom. The monoisotopic (exact) mass is 388 g/mol. The highest BCUT2D eigenvalue weighted by atomic mass is 16.3. The van der Waals surface area contributed by atoms with Crippen LogP contribution in [0.3, 0.4) is 0 Å². The van der Waals surface area contributed by atoms with E-state index in [1.54, 1.807) is 50.6 Å². The van der Waals surface area contributed by atoms with Gasteiger partial charge in [0.1, 0.15) is 5.75 Å². The molecule has 148 valence electrons. The first-order valence-corrected chi connectivity index (χ1v) is 9.61. The fraction of sp³-hybridized carbons (Fsp3) is 0.208. The van der Waals surface area contributed by atoms with Crippen LogP contribution in [0.1, 0.15) is 35.7 Å². The second-order valence-corrected chi connectivity index (χ2v) is 6.87. The highest BCUT2D eigenvalue weighted by molar-refractivity contribution is 5.97. The van der Waals surface area contributed by atoms with Crippen molar-refractivity contribution in [2.75, 3.05) is 11.9 Å². The van der Waals surface area contributed by atoms with Gasteiger partial charge in [-0.25, -0.2) is 0 Å². The number of aromatic nitrogens is 1. The van der Waals surface area contributed by atoms with Gasteiger partial charge in [0.2, 0.25) is 5.91 Å².